The zero-order valence-electron chi connectivity index (χ0n) is 9.55. The van der Waals surface area contributed by atoms with Gasteiger partial charge in [-0.3, -0.25) is 0 Å². The molecule has 0 bridgehead atoms. The van der Waals surface area contributed by atoms with Crippen molar-refractivity contribution in [1.29, 1.82) is 0 Å². The third-order valence-corrected chi connectivity index (χ3v) is 2.43. The summed E-state index contributed by atoms with van der Waals surface area (Å²) < 4.78 is 43.2. The second kappa shape index (κ2) is 4.98. The molecule has 0 aliphatic heterocycles. The highest BCUT2D eigenvalue weighted by Gasteiger charge is 2.34. The summed E-state index contributed by atoms with van der Waals surface area (Å²) in [4.78, 5) is 3.76. The number of aromatic nitrogens is 2. The predicted molar refractivity (Wildman–Crippen MR) is 58.8 cm³/mol. The molecule has 5 nitrogen and oxygen atoms in total. The number of nitrogens with two attached hydrogens (primary N) is 1. The fourth-order valence-corrected chi connectivity index (χ4v) is 1.49. The van der Waals surface area contributed by atoms with Crippen LogP contribution in [0.4, 0.5) is 13.2 Å². The maximum Gasteiger partial charge on any atom is 0.417 e. The number of halogens is 3. The quantitative estimate of drug-likeness (QED) is 0.889. The lowest BCUT2D eigenvalue weighted by atomic mass is 10.1. The average Bonchev–Trinajstić information content (AvgIpc) is 2.86. The first kappa shape index (κ1) is 13.5. The molecule has 19 heavy (non-hydrogen) atoms. The minimum absolute atomic E-state index is 0.0468. The first-order valence-corrected chi connectivity index (χ1v) is 5.30. The van der Waals surface area contributed by atoms with Crippen molar-refractivity contribution in [3.63, 3.8) is 0 Å². The lowest BCUT2D eigenvalue weighted by Crippen LogP contribution is -2.16. The van der Waals surface area contributed by atoms with Crippen LogP contribution in [0.15, 0.2) is 28.8 Å². The summed E-state index contributed by atoms with van der Waals surface area (Å²) in [6, 6.07) is 3.95. The Kier molecular flexibility index (Phi) is 3.54. The molecule has 1 atom stereocenters. The van der Waals surface area contributed by atoms with E-state index >= 15 is 0 Å². The van der Waals surface area contributed by atoms with Crippen LogP contribution < -0.4 is 5.73 Å². The van der Waals surface area contributed by atoms with Crippen molar-refractivity contribution in [2.75, 3.05) is 6.61 Å². The van der Waals surface area contributed by atoms with E-state index in [0.717, 1.165) is 6.07 Å². The van der Waals surface area contributed by atoms with Gasteiger partial charge in [0.05, 0.1) is 23.8 Å². The topological polar surface area (TPSA) is 85.2 Å². The van der Waals surface area contributed by atoms with Crippen molar-refractivity contribution in [3.05, 3.63) is 35.7 Å². The lowest BCUT2D eigenvalue weighted by Gasteiger charge is -2.09. The van der Waals surface area contributed by atoms with Crippen LogP contribution in [0.5, 0.6) is 0 Å². The van der Waals surface area contributed by atoms with Gasteiger partial charge in [0.15, 0.2) is 5.82 Å². The molecule has 1 aromatic heterocycles. The van der Waals surface area contributed by atoms with Crippen molar-refractivity contribution in [2.24, 2.45) is 5.73 Å². The highest BCUT2D eigenvalue weighted by Crippen LogP contribution is 2.36. The van der Waals surface area contributed by atoms with Crippen molar-refractivity contribution >= 4 is 0 Å². The average molecular weight is 273 g/mol. The van der Waals surface area contributed by atoms with E-state index in [1.165, 1.54) is 18.2 Å². The van der Waals surface area contributed by atoms with E-state index in [1.54, 1.807) is 0 Å². The summed E-state index contributed by atoms with van der Waals surface area (Å²) >= 11 is 0. The van der Waals surface area contributed by atoms with E-state index in [-0.39, 0.29) is 17.3 Å². The van der Waals surface area contributed by atoms with Crippen molar-refractivity contribution in [2.45, 2.75) is 12.2 Å². The van der Waals surface area contributed by atoms with Gasteiger partial charge < -0.3 is 15.4 Å². The number of benzene rings is 1. The van der Waals surface area contributed by atoms with Crippen LogP contribution in [0.25, 0.3) is 11.5 Å². The summed E-state index contributed by atoms with van der Waals surface area (Å²) in [5.41, 5.74) is 4.36. The van der Waals surface area contributed by atoms with E-state index in [1.807, 2.05) is 0 Å². The predicted octanol–water partition coefficient (Wildman–Crippen LogP) is 1.75. The molecule has 0 aliphatic carbocycles. The zero-order valence-corrected chi connectivity index (χ0v) is 9.55. The molecule has 0 aliphatic rings. The molecular formula is C11H10F3N3O2. The van der Waals surface area contributed by atoms with Gasteiger partial charge in [0, 0.05) is 0 Å². The SMILES string of the molecule is NC(CO)c1noc(-c2ccccc2C(F)(F)F)n1. The highest BCUT2D eigenvalue weighted by atomic mass is 19.4. The number of alkyl halides is 3. The van der Waals surface area contributed by atoms with Crippen LogP contribution in [0.1, 0.15) is 17.4 Å². The van der Waals surface area contributed by atoms with Crippen molar-refractivity contribution in [3.8, 4) is 11.5 Å². The van der Waals surface area contributed by atoms with Gasteiger partial charge in [-0.1, -0.05) is 17.3 Å². The Labute approximate surface area is 105 Å². The van der Waals surface area contributed by atoms with Crippen LogP contribution in [-0.2, 0) is 6.18 Å². The number of aliphatic hydroxyl groups excluding tert-OH is 1. The van der Waals surface area contributed by atoms with Crippen molar-refractivity contribution < 1.29 is 22.8 Å². The fourth-order valence-electron chi connectivity index (χ4n) is 1.49. The molecule has 1 heterocycles. The molecule has 0 spiro atoms. The van der Waals surface area contributed by atoms with Gasteiger partial charge >= 0.3 is 6.18 Å². The zero-order chi connectivity index (χ0) is 14.0. The van der Waals surface area contributed by atoms with Gasteiger partial charge in [0.2, 0.25) is 0 Å². The summed E-state index contributed by atoms with van der Waals surface area (Å²) in [6.07, 6.45) is -4.52. The van der Waals surface area contributed by atoms with Crippen molar-refractivity contribution in [1.82, 2.24) is 10.1 Å². The first-order valence-electron chi connectivity index (χ1n) is 5.30. The molecule has 0 amide bonds. The number of rotatable bonds is 3. The van der Waals surface area contributed by atoms with Gasteiger partial charge in [-0.25, -0.2) is 0 Å². The Hall–Kier alpha value is -1.93. The van der Waals surface area contributed by atoms with Gasteiger partial charge in [-0.05, 0) is 12.1 Å². The molecule has 0 saturated heterocycles. The number of hydrogen-bond donors (Lipinski definition) is 2. The Morgan fingerprint density at radius 2 is 2.00 bits per heavy atom. The maximum absolute atomic E-state index is 12.8. The fraction of sp³-hybridized carbons (Fsp3) is 0.273. The second-order valence-corrected chi connectivity index (χ2v) is 3.79. The van der Waals surface area contributed by atoms with E-state index in [2.05, 4.69) is 10.1 Å². The molecule has 0 radical (unpaired) electrons. The van der Waals surface area contributed by atoms with E-state index < -0.39 is 24.4 Å². The van der Waals surface area contributed by atoms with E-state index in [4.69, 9.17) is 15.4 Å². The monoisotopic (exact) mass is 273 g/mol. The van der Waals surface area contributed by atoms with E-state index in [9.17, 15) is 13.2 Å². The van der Waals surface area contributed by atoms with Gasteiger partial charge in [-0.15, -0.1) is 0 Å². The summed E-state index contributed by atoms with van der Waals surface area (Å²) in [5, 5.41) is 12.3. The van der Waals surface area contributed by atoms with Crippen LogP contribution in [0.2, 0.25) is 0 Å². The Balaban J connectivity index is 2.45. The molecule has 3 N–H and O–H groups in total. The summed E-state index contributed by atoms with van der Waals surface area (Å²) in [5.74, 6) is -0.332. The molecule has 1 aromatic carbocycles. The van der Waals surface area contributed by atoms with Crippen LogP contribution in [0, 0.1) is 0 Å². The minimum Gasteiger partial charge on any atom is -0.394 e. The molecule has 0 fully saturated rings. The molecule has 0 saturated carbocycles. The number of nitrogens with zero attached hydrogens (tertiary/aromatic N) is 2. The van der Waals surface area contributed by atoms with Crippen LogP contribution in [-0.4, -0.2) is 21.9 Å². The van der Waals surface area contributed by atoms with Crippen LogP contribution in [0.3, 0.4) is 0 Å². The van der Waals surface area contributed by atoms with Gasteiger partial charge in [-0.2, -0.15) is 18.2 Å². The molecule has 1 unspecified atom stereocenters. The highest BCUT2D eigenvalue weighted by molar-refractivity contribution is 5.59. The second-order valence-electron chi connectivity index (χ2n) is 3.79. The Morgan fingerprint density at radius 3 is 2.63 bits per heavy atom. The molecule has 102 valence electrons. The summed E-state index contributed by atoms with van der Waals surface area (Å²) in [7, 11) is 0. The van der Waals surface area contributed by atoms with Gasteiger partial charge in [0.1, 0.15) is 0 Å². The smallest absolute Gasteiger partial charge is 0.394 e. The number of aliphatic hydroxyl groups is 1. The summed E-state index contributed by atoms with van der Waals surface area (Å²) in [6.45, 7) is -0.431. The normalized spacial score (nSPS) is 13.5. The van der Waals surface area contributed by atoms with Crippen LogP contribution >= 0.6 is 0 Å². The molecule has 2 rings (SSSR count). The maximum atomic E-state index is 12.8. The molecule has 8 heteroatoms. The molecule has 2 aromatic rings. The third-order valence-electron chi connectivity index (χ3n) is 2.43. The number of hydrogen-bond acceptors (Lipinski definition) is 5. The standard InChI is InChI=1S/C11H10F3N3O2/c12-11(13,14)7-4-2-1-3-6(7)10-16-9(17-19-10)8(15)5-18/h1-4,8,18H,5,15H2. The lowest BCUT2D eigenvalue weighted by molar-refractivity contribution is -0.137. The third kappa shape index (κ3) is 2.74. The van der Waals surface area contributed by atoms with Gasteiger partial charge in [0.25, 0.3) is 5.89 Å². The Bertz CT molecular complexity index is 568. The molecular weight excluding hydrogens is 263 g/mol. The van der Waals surface area contributed by atoms with E-state index in [0.29, 0.717) is 0 Å². The first-order chi connectivity index (χ1) is 8.93. The largest absolute Gasteiger partial charge is 0.417 e. The minimum atomic E-state index is -4.52. The Morgan fingerprint density at radius 1 is 1.32 bits per heavy atom.